The van der Waals surface area contributed by atoms with E-state index in [4.69, 9.17) is 9.47 Å². The van der Waals surface area contributed by atoms with Gasteiger partial charge in [-0.25, -0.2) is 4.98 Å². The van der Waals surface area contributed by atoms with Crippen LogP contribution < -0.4 is 10.3 Å². The SMILES string of the molecule is CCOc1ccc(C(=O)CSc2nc3ccccc3c(=O)n2CC2CCCO2)cc1. The summed E-state index contributed by atoms with van der Waals surface area (Å²) in [5, 5.41) is 1.13. The number of nitrogens with zero attached hydrogens (tertiary/aromatic N) is 2. The quantitative estimate of drug-likeness (QED) is 0.310. The molecule has 1 fully saturated rings. The van der Waals surface area contributed by atoms with Crippen molar-refractivity contribution in [2.45, 2.75) is 37.6 Å². The van der Waals surface area contributed by atoms with Gasteiger partial charge in [0.05, 0.1) is 35.9 Å². The van der Waals surface area contributed by atoms with Crippen LogP contribution in [0.3, 0.4) is 0 Å². The first-order chi connectivity index (χ1) is 14.7. The molecule has 2 aromatic carbocycles. The average molecular weight is 425 g/mol. The number of rotatable bonds is 8. The van der Waals surface area contributed by atoms with Crippen LogP contribution >= 0.6 is 11.8 Å². The van der Waals surface area contributed by atoms with E-state index in [-0.39, 0.29) is 23.2 Å². The molecule has 1 aromatic heterocycles. The van der Waals surface area contributed by atoms with Gasteiger partial charge in [-0.05, 0) is 56.2 Å². The summed E-state index contributed by atoms with van der Waals surface area (Å²) in [6.45, 7) is 3.68. The highest BCUT2D eigenvalue weighted by Crippen LogP contribution is 2.22. The number of ketones is 1. The van der Waals surface area contributed by atoms with Crippen molar-refractivity contribution in [2.24, 2.45) is 0 Å². The minimum Gasteiger partial charge on any atom is -0.494 e. The Morgan fingerprint density at radius 2 is 2.03 bits per heavy atom. The van der Waals surface area contributed by atoms with Crippen LogP contribution in [0, 0.1) is 0 Å². The Labute approximate surface area is 179 Å². The second-order valence-corrected chi connectivity index (χ2v) is 8.07. The lowest BCUT2D eigenvalue weighted by Crippen LogP contribution is -2.29. The minimum absolute atomic E-state index is 0.00632. The van der Waals surface area contributed by atoms with E-state index in [2.05, 4.69) is 4.98 Å². The number of aromatic nitrogens is 2. The first kappa shape index (κ1) is 20.6. The molecular weight excluding hydrogens is 400 g/mol. The molecule has 1 saturated heterocycles. The third kappa shape index (κ3) is 4.57. The van der Waals surface area contributed by atoms with Crippen molar-refractivity contribution in [3.63, 3.8) is 0 Å². The van der Waals surface area contributed by atoms with Gasteiger partial charge in [0, 0.05) is 12.2 Å². The van der Waals surface area contributed by atoms with Crippen molar-refractivity contribution in [3.8, 4) is 5.75 Å². The van der Waals surface area contributed by atoms with Gasteiger partial charge in [0.1, 0.15) is 5.75 Å². The van der Waals surface area contributed by atoms with Crippen LogP contribution in [-0.4, -0.2) is 40.4 Å². The molecule has 6 nitrogen and oxygen atoms in total. The van der Waals surface area contributed by atoms with Crippen LogP contribution in [0.15, 0.2) is 58.5 Å². The largest absolute Gasteiger partial charge is 0.494 e. The van der Waals surface area contributed by atoms with Gasteiger partial charge in [-0.15, -0.1) is 0 Å². The van der Waals surface area contributed by atoms with Crippen LogP contribution in [-0.2, 0) is 11.3 Å². The number of carbonyl (C=O) groups is 1. The maximum atomic E-state index is 13.1. The predicted octanol–water partition coefficient (Wildman–Crippen LogP) is 3.95. The maximum Gasteiger partial charge on any atom is 0.262 e. The number of ether oxygens (including phenoxy) is 2. The molecule has 156 valence electrons. The van der Waals surface area contributed by atoms with Crippen LogP contribution in [0.2, 0.25) is 0 Å². The zero-order valence-corrected chi connectivity index (χ0v) is 17.7. The molecule has 30 heavy (non-hydrogen) atoms. The summed E-state index contributed by atoms with van der Waals surface area (Å²) in [6.07, 6.45) is 1.93. The molecule has 0 N–H and O–H groups in total. The summed E-state index contributed by atoms with van der Waals surface area (Å²) in [7, 11) is 0. The Kier molecular flexibility index (Phi) is 6.50. The number of Topliss-reactive ketones (excluding diaryl/α,β-unsaturated/α-hetero) is 1. The van der Waals surface area contributed by atoms with E-state index >= 15 is 0 Å². The maximum absolute atomic E-state index is 13.1. The zero-order valence-electron chi connectivity index (χ0n) is 16.9. The van der Waals surface area contributed by atoms with Crippen LogP contribution in [0.1, 0.15) is 30.1 Å². The van der Waals surface area contributed by atoms with Crippen LogP contribution in [0.25, 0.3) is 10.9 Å². The molecule has 1 unspecified atom stereocenters. The molecule has 0 spiro atoms. The van der Waals surface area contributed by atoms with Crippen LogP contribution in [0.5, 0.6) is 5.75 Å². The minimum atomic E-state index is -0.0906. The van der Waals surface area contributed by atoms with Crippen molar-refractivity contribution in [2.75, 3.05) is 19.0 Å². The number of fused-ring (bicyclic) bond motifs is 1. The Morgan fingerprint density at radius 3 is 2.77 bits per heavy atom. The third-order valence-corrected chi connectivity index (χ3v) is 6.03. The molecule has 3 aromatic rings. The van der Waals surface area contributed by atoms with Crippen molar-refractivity contribution >= 4 is 28.4 Å². The summed E-state index contributed by atoms with van der Waals surface area (Å²) in [5.41, 5.74) is 1.16. The monoisotopic (exact) mass is 424 g/mol. The van der Waals surface area contributed by atoms with Crippen molar-refractivity contribution in [1.82, 2.24) is 9.55 Å². The summed E-state index contributed by atoms with van der Waals surface area (Å²) in [4.78, 5) is 30.5. The van der Waals surface area contributed by atoms with E-state index in [9.17, 15) is 9.59 Å². The van der Waals surface area contributed by atoms with E-state index in [0.29, 0.717) is 34.8 Å². The average Bonchev–Trinajstić information content (AvgIpc) is 3.28. The number of benzene rings is 2. The highest BCUT2D eigenvalue weighted by molar-refractivity contribution is 7.99. The topological polar surface area (TPSA) is 70.4 Å². The van der Waals surface area contributed by atoms with Crippen molar-refractivity contribution in [3.05, 3.63) is 64.4 Å². The third-order valence-electron chi connectivity index (χ3n) is 5.06. The molecule has 1 aliphatic heterocycles. The number of thioether (sulfide) groups is 1. The number of para-hydroxylation sites is 1. The standard InChI is InChI=1S/C23H24N2O4S/c1-2-28-17-11-9-16(10-12-17)21(26)15-30-23-24-20-8-4-3-7-19(20)22(27)25(23)14-18-6-5-13-29-18/h3-4,7-12,18H,2,5-6,13-15H2,1H3. The molecule has 1 atom stereocenters. The molecule has 2 heterocycles. The highest BCUT2D eigenvalue weighted by atomic mass is 32.2. The normalized spacial score (nSPS) is 16.1. The summed E-state index contributed by atoms with van der Waals surface area (Å²) >= 11 is 1.29. The Balaban J connectivity index is 1.57. The molecule has 0 amide bonds. The molecule has 7 heteroatoms. The Bertz CT molecular complexity index is 1090. The fourth-order valence-corrected chi connectivity index (χ4v) is 4.43. The number of hydrogen-bond donors (Lipinski definition) is 0. The molecule has 0 bridgehead atoms. The molecule has 1 aliphatic rings. The summed E-state index contributed by atoms with van der Waals surface area (Å²) in [6, 6.07) is 14.4. The van der Waals surface area contributed by atoms with Gasteiger partial charge in [0.2, 0.25) is 0 Å². The van der Waals surface area contributed by atoms with Crippen molar-refractivity contribution < 1.29 is 14.3 Å². The fraction of sp³-hybridized carbons (Fsp3) is 0.348. The lowest BCUT2D eigenvalue weighted by molar-refractivity contribution is 0.0937. The van der Waals surface area contributed by atoms with Crippen molar-refractivity contribution in [1.29, 1.82) is 0 Å². The van der Waals surface area contributed by atoms with Gasteiger partial charge < -0.3 is 9.47 Å². The van der Waals surface area contributed by atoms with E-state index in [0.717, 1.165) is 25.2 Å². The fourth-order valence-electron chi connectivity index (χ4n) is 3.53. The molecular formula is C23H24N2O4S. The molecule has 0 saturated carbocycles. The molecule has 0 aliphatic carbocycles. The predicted molar refractivity (Wildman–Crippen MR) is 118 cm³/mol. The van der Waals surface area contributed by atoms with Gasteiger partial charge in [0.15, 0.2) is 10.9 Å². The second kappa shape index (κ2) is 9.45. The highest BCUT2D eigenvalue weighted by Gasteiger charge is 2.21. The van der Waals surface area contributed by atoms with Gasteiger partial charge in [-0.2, -0.15) is 0 Å². The second-order valence-electron chi connectivity index (χ2n) is 7.13. The number of hydrogen-bond acceptors (Lipinski definition) is 6. The lowest BCUT2D eigenvalue weighted by atomic mass is 10.1. The first-order valence-corrected chi connectivity index (χ1v) is 11.1. The van der Waals surface area contributed by atoms with Gasteiger partial charge >= 0.3 is 0 Å². The molecule has 4 rings (SSSR count). The zero-order chi connectivity index (χ0) is 20.9. The Hall–Kier alpha value is -2.64. The van der Waals surface area contributed by atoms with Crippen LogP contribution in [0.4, 0.5) is 0 Å². The lowest BCUT2D eigenvalue weighted by Gasteiger charge is -2.16. The van der Waals surface area contributed by atoms with Gasteiger partial charge in [-0.3, -0.25) is 14.2 Å². The first-order valence-electron chi connectivity index (χ1n) is 10.2. The summed E-state index contributed by atoms with van der Waals surface area (Å²) < 4.78 is 12.8. The summed E-state index contributed by atoms with van der Waals surface area (Å²) in [5.74, 6) is 0.919. The van der Waals surface area contributed by atoms with Gasteiger partial charge in [0.25, 0.3) is 5.56 Å². The van der Waals surface area contributed by atoms with E-state index < -0.39 is 0 Å². The van der Waals surface area contributed by atoms with E-state index in [1.165, 1.54) is 11.8 Å². The van der Waals surface area contributed by atoms with E-state index in [1.807, 2.05) is 25.1 Å². The van der Waals surface area contributed by atoms with E-state index in [1.54, 1.807) is 34.9 Å². The van der Waals surface area contributed by atoms with Gasteiger partial charge in [-0.1, -0.05) is 23.9 Å². The Morgan fingerprint density at radius 1 is 1.23 bits per heavy atom. The number of carbonyl (C=O) groups excluding carboxylic acids is 1. The molecule has 0 radical (unpaired) electrons. The smallest absolute Gasteiger partial charge is 0.262 e.